The molecule has 0 radical (unpaired) electrons. The van der Waals surface area contributed by atoms with Gasteiger partial charge in [0.15, 0.2) is 0 Å². The van der Waals surface area contributed by atoms with Crippen molar-refractivity contribution in [2.24, 2.45) is 5.92 Å². The van der Waals surface area contributed by atoms with Crippen LogP contribution in [0.25, 0.3) is 0 Å². The lowest BCUT2D eigenvalue weighted by atomic mass is 9.95. The predicted molar refractivity (Wildman–Crippen MR) is 118 cm³/mol. The summed E-state index contributed by atoms with van der Waals surface area (Å²) in [7, 11) is 0. The fourth-order valence-electron chi connectivity index (χ4n) is 4.22. The van der Waals surface area contributed by atoms with E-state index in [-0.39, 0.29) is 29.7 Å². The maximum absolute atomic E-state index is 14.0. The molecule has 2 saturated heterocycles. The Morgan fingerprint density at radius 3 is 2.52 bits per heavy atom. The molecule has 2 heterocycles. The highest BCUT2D eigenvalue weighted by Gasteiger charge is 2.27. The van der Waals surface area contributed by atoms with Crippen molar-refractivity contribution < 1.29 is 18.7 Å². The molecule has 2 amide bonds. The summed E-state index contributed by atoms with van der Waals surface area (Å²) in [6.45, 7) is 2.43. The number of rotatable bonds is 6. The fourth-order valence-corrected chi connectivity index (χ4v) is 4.22. The molecule has 1 atom stereocenters. The van der Waals surface area contributed by atoms with E-state index in [0.29, 0.717) is 49.4 Å². The van der Waals surface area contributed by atoms with Crippen molar-refractivity contribution in [1.29, 1.82) is 0 Å². The summed E-state index contributed by atoms with van der Waals surface area (Å²) in [6, 6.07) is 13.7. The van der Waals surface area contributed by atoms with Crippen LogP contribution in [0.2, 0.25) is 0 Å². The number of carbonyl (C=O) groups excluding carboxylic acids is 2. The normalized spacial score (nSPS) is 19.3. The van der Waals surface area contributed by atoms with Crippen molar-refractivity contribution in [1.82, 2.24) is 5.32 Å². The van der Waals surface area contributed by atoms with Crippen molar-refractivity contribution in [2.75, 3.05) is 36.5 Å². The molecule has 2 N–H and O–H groups in total. The average molecular weight is 426 g/mol. The molecule has 4 rings (SSSR count). The first kappa shape index (κ1) is 21.3. The number of amides is 2. The predicted octanol–water partition coefficient (Wildman–Crippen LogP) is 3.59. The third-order valence-corrected chi connectivity index (χ3v) is 6.00. The Morgan fingerprint density at radius 2 is 1.77 bits per heavy atom. The lowest BCUT2D eigenvalue weighted by Gasteiger charge is -2.33. The summed E-state index contributed by atoms with van der Waals surface area (Å²) >= 11 is 0. The first-order valence-electron chi connectivity index (χ1n) is 10.9. The molecule has 0 saturated carbocycles. The molecule has 7 heteroatoms. The van der Waals surface area contributed by atoms with Gasteiger partial charge in [0, 0.05) is 32.2 Å². The number of hydrogen-bond donors (Lipinski definition) is 2. The number of anilines is 2. The Hall–Kier alpha value is -2.93. The van der Waals surface area contributed by atoms with Gasteiger partial charge in [0.2, 0.25) is 5.91 Å². The molecular weight excluding hydrogens is 397 g/mol. The molecule has 164 valence electrons. The van der Waals surface area contributed by atoms with Gasteiger partial charge in [-0.25, -0.2) is 4.39 Å². The monoisotopic (exact) mass is 425 g/mol. The largest absolute Gasteiger partial charge is 0.376 e. The second kappa shape index (κ2) is 9.92. The highest BCUT2D eigenvalue weighted by molar-refractivity contribution is 6.04. The SMILES string of the molecule is O=C(NCC1CCCO1)c1ccccc1NC(=O)C1CCN(c2ccccc2F)CC1. The van der Waals surface area contributed by atoms with Crippen LogP contribution in [0.5, 0.6) is 0 Å². The van der Waals surface area contributed by atoms with E-state index in [2.05, 4.69) is 10.6 Å². The van der Waals surface area contributed by atoms with E-state index in [1.165, 1.54) is 6.07 Å². The quantitative estimate of drug-likeness (QED) is 0.742. The summed E-state index contributed by atoms with van der Waals surface area (Å²) in [5.74, 6) is -0.743. The number of nitrogens with one attached hydrogen (secondary N) is 2. The third kappa shape index (κ3) is 5.22. The van der Waals surface area contributed by atoms with Crippen LogP contribution in [-0.2, 0) is 9.53 Å². The molecule has 0 bridgehead atoms. The van der Waals surface area contributed by atoms with Crippen molar-refractivity contribution in [3.63, 3.8) is 0 Å². The number of para-hydroxylation sites is 2. The number of piperidine rings is 1. The Morgan fingerprint density at radius 1 is 1.03 bits per heavy atom. The smallest absolute Gasteiger partial charge is 0.253 e. The Kier molecular flexibility index (Phi) is 6.82. The van der Waals surface area contributed by atoms with Crippen molar-refractivity contribution in [3.8, 4) is 0 Å². The maximum Gasteiger partial charge on any atom is 0.253 e. The van der Waals surface area contributed by atoms with E-state index < -0.39 is 0 Å². The topological polar surface area (TPSA) is 70.7 Å². The second-order valence-corrected chi connectivity index (χ2v) is 8.09. The molecule has 2 fully saturated rings. The van der Waals surface area contributed by atoms with Crippen molar-refractivity contribution in [3.05, 3.63) is 59.9 Å². The molecule has 0 aromatic heterocycles. The number of ether oxygens (including phenoxy) is 1. The van der Waals surface area contributed by atoms with E-state index in [1.807, 2.05) is 11.0 Å². The molecule has 6 nitrogen and oxygen atoms in total. The highest BCUT2D eigenvalue weighted by Crippen LogP contribution is 2.27. The Labute approximate surface area is 181 Å². The van der Waals surface area contributed by atoms with Crippen LogP contribution in [0.15, 0.2) is 48.5 Å². The van der Waals surface area contributed by atoms with Crippen molar-refractivity contribution >= 4 is 23.2 Å². The molecule has 2 aliphatic heterocycles. The molecule has 0 spiro atoms. The Bertz CT molecular complexity index is 922. The summed E-state index contributed by atoms with van der Waals surface area (Å²) in [6.07, 6.45) is 3.29. The van der Waals surface area contributed by atoms with E-state index in [0.717, 1.165) is 19.4 Å². The van der Waals surface area contributed by atoms with Gasteiger partial charge in [0.05, 0.1) is 23.0 Å². The minimum absolute atomic E-state index is 0.0605. The number of hydrogen-bond acceptors (Lipinski definition) is 4. The molecule has 31 heavy (non-hydrogen) atoms. The number of nitrogens with zero attached hydrogens (tertiary/aromatic N) is 1. The minimum atomic E-state index is -0.242. The standard InChI is InChI=1S/C24H28FN3O3/c25-20-8-2-4-10-22(20)28-13-11-17(12-14-28)23(29)27-21-9-3-1-7-19(21)24(30)26-16-18-6-5-15-31-18/h1-4,7-10,17-18H,5-6,11-16H2,(H,26,30)(H,27,29). The van der Waals surface area contributed by atoms with Gasteiger partial charge in [-0.2, -0.15) is 0 Å². The van der Waals surface area contributed by atoms with Gasteiger partial charge in [-0.05, 0) is 49.9 Å². The average Bonchev–Trinajstić information content (AvgIpc) is 3.32. The molecule has 1 unspecified atom stereocenters. The van der Waals surface area contributed by atoms with Crippen LogP contribution in [0.3, 0.4) is 0 Å². The lowest BCUT2D eigenvalue weighted by Crippen LogP contribution is -2.39. The highest BCUT2D eigenvalue weighted by atomic mass is 19.1. The van der Waals surface area contributed by atoms with Crippen LogP contribution in [-0.4, -0.2) is 44.2 Å². The third-order valence-electron chi connectivity index (χ3n) is 6.00. The van der Waals surface area contributed by atoms with Crippen LogP contribution >= 0.6 is 0 Å². The van der Waals surface area contributed by atoms with E-state index in [1.54, 1.807) is 36.4 Å². The minimum Gasteiger partial charge on any atom is -0.376 e. The molecule has 0 aliphatic carbocycles. The Balaban J connectivity index is 1.33. The van der Waals surface area contributed by atoms with E-state index in [9.17, 15) is 14.0 Å². The number of halogens is 1. The zero-order valence-electron chi connectivity index (χ0n) is 17.5. The molecule has 2 aromatic rings. The van der Waals surface area contributed by atoms with Gasteiger partial charge in [0.25, 0.3) is 5.91 Å². The first-order chi connectivity index (χ1) is 15.1. The van der Waals surface area contributed by atoms with E-state index in [4.69, 9.17) is 4.74 Å². The maximum atomic E-state index is 14.0. The van der Waals surface area contributed by atoms with Crippen molar-refractivity contribution in [2.45, 2.75) is 31.8 Å². The van der Waals surface area contributed by atoms with Crippen LogP contribution in [0.4, 0.5) is 15.8 Å². The van der Waals surface area contributed by atoms with Crippen LogP contribution < -0.4 is 15.5 Å². The van der Waals surface area contributed by atoms with Gasteiger partial charge in [-0.1, -0.05) is 24.3 Å². The zero-order valence-corrected chi connectivity index (χ0v) is 17.5. The molecule has 2 aromatic carbocycles. The second-order valence-electron chi connectivity index (χ2n) is 8.09. The summed E-state index contributed by atoms with van der Waals surface area (Å²) < 4.78 is 19.6. The van der Waals surface area contributed by atoms with E-state index >= 15 is 0 Å². The van der Waals surface area contributed by atoms with Gasteiger partial charge in [-0.3, -0.25) is 9.59 Å². The summed E-state index contributed by atoms with van der Waals surface area (Å²) in [4.78, 5) is 27.5. The number of benzene rings is 2. The number of carbonyl (C=O) groups is 2. The van der Waals surface area contributed by atoms with Gasteiger partial charge < -0.3 is 20.3 Å². The van der Waals surface area contributed by atoms with Gasteiger partial charge in [0.1, 0.15) is 5.82 Å². The molecule has 2 aliphatic rings. The lowest BCUT2D eigenvalue weighted by molar-refractivity contribution is -0.120. The molecular formula is C24H28FN3O3. The van der Waals surface area contributed by atoms with Gasteiger partial charge in [-0.15, -0.1) is 0 Å². The fraction of sp³-hybridized carbons (Fsp3) is 0.417. The van der Waals surface area contributed by atoms with Crippen LogP contribution in [0.1, 0.15) is 36.0 Å². The first-order valence-corrected chi connectivity index (χ1v) is 10.9. The summed E-state index contributed by atoms with van der Waals surface area (Å²) in [5, 5.41) is 5.84. The van der Waals surface area contributed by atoms with Crippen LogP contribution in [0, 0.1) is 11.7 Å². The van der Waals surface area contributed by atoms with Gasteiger partial charge >= 0.3 is 0 Å². The zero-order chi connectivity index (χ0) is 21.6. The summed E-state index contributed by atoms with van der Waals surface area (Å²) in [5.41, 5.74) is 1.53.